The lowest BCUT2D eigenvalue weighted by Crippen LogP contribution is -2.51. The van der Waals surface area contributed by atoms with Crippen molar-refractivity contribution in [1.82, 2.24) is 10.2 Å². The van der Waals surface area contributed by atoms with E-state index in [0.29, 0.717) is 5.92 Å². The largest absolute Gasteiger partial charge is 0.368 e. The Kier molecular flexibility index (Phi) is 7.83. The SMILES string of the molecule is Cc1cccc(N2CCN(C(=O)N/C=C/C3CCCCC3)CC2)c1C.Cl. The molecule has 0 atom stereocenters. The Morgan fingerprint density at radius 2 is 1.77 bits per heavy atom. The zero-order chi connectivity index (χ0) is 17.6. The van der Waals surface area contributed by atoms with E-state index in [1.807, 2.05) is 11.1 Å². The van der Waals surface area contributed by atoms with E-state index in [0.717, 1.165) is 26.2 Å². The zero-order valence-electron chi connectivity index (χ0n) is 16.0. The van der Waals surface area contributed by atoms with Gasteiger partial charge in [0.25, 0.3) is 0 Å². The number of hydrogen-bond donors (Lipinski definition) is 1. The third-order valence-corrected chi connectivity index (χ3v) is 5.71. The summed E-state index contributed by atoms with van der Waals surface area (Å²) in [4.78, 5) is 16.7. The number of carbonyl (C=O) groups is 1. The molecule has 1 aromatic rings. The highest BCUT2D eigenvalue weighted by atomic mass is 35.5. The molecule has 1 aromatic carbocycles. The number of halogens is 1. The van der Waals surface area contributed by atoms with Gasteiger partial charge in [0.05, 0.1) is 0 Å². The number of piperazine rings is 1. The van der Waals surface area contributed by atoms with Crippen molar-refractivity contribution in [3.63, 3.8) is 0 Å². The Hall–Kier alpha value is -1.68. The molecule has 1 saturated carbocycles. The van der Waals surface area contributed by atoms with Crippen molar-refractivity contribution in [1.29, 1.82) is 0 Å². The molecular formula is C21H32ClN3O. The van der Waals surface area contributed by atoms with Crippen LogP contribution in [0.25, 0.3) is 0 Å². The molecule has 5 heteroatoms. The van der Waals surface area contributed by atoms with Crippen LogP contribution in [-0.4, -0.2) is 37.1 Å². The van der Waals surface area contributed by atoms with Crippen molar-refractivity contribution in [2.45, 2.75) is 46.0 Å². The van der Waals surface area contributed by atoms with Gasteiger partial charge in [0.2, 0.25) is 0 Å². The van der Waals surface area contributed by atoms with Gasteiger partial charge in [-0.2, -0.15) is 0 Å². The summed E-state index contributed by atoms with van der Waals surface area (Å²) >= 11 is 0. The Labute approximate surface area is 164 Å². The van der Waals surface area contributed by atoms with Gasteiger partial charge in [0, 0.05) is 38.1 Å². The number of urea groups is 1. The Balaban J connectivity index is 0.00000243. The summed E-state index contributed by atoms with van der Waals surface area (Å²) in [7, 11) is 0. The summed E-state index contributed by atoms with van der Waals surface area (Å²) in [5.74, 6) is 0.648. The molecule has 2 amide bonds. The van der Waals surface area contributed by atoms with Gasteiger partial charge in [-0.1, -0.05) is 37.5 Å². The molecule has 1 saturated heterocycles. The summed E-state index contributed by atoms with van der Waals surface area (Å²) in [6, 6.07) is 6.49. The average Bonchev–Trinajstić information content (AvgIpc) is 2.65. The fourth-order valence-corrected chi connectivity index (χ4v) is 3.90. The van der Waals surface area contributed by atoms with Crippen LogP contribution in [0.1, 0.15) is 43.2 Å². The average molecular weight is 378 g/mol. The number of anilines is 1. The third-order valence-electron chi connectivity index (χ3n) is 5.71. The molecule has 2 aliphatic rings. The number of allylic oxidation sites excluding steroid dienone is 1. The minimum atomic E-state index is 0. The van der Waals surface area contributed by atoms with Crippen LogP contribution in [-0.2, 0) is 0 Å². The number of nitrogens with one attached hydrogen (secondary N) is 1. The van der Waals surface area contributed by atoms with E-state index in [4.69, 9.17) is 0 Å². The van der Waals surface area contributed by atoms with Crippen molar-refractivity contribution in [3.8, 4) is 0 Å². The Bertz CT molecular complexity index is 618. The van der Waals surface area contributed by atoms with E-state index in [1.54, 1.807) is 0 Å². The second kappa shape index (κ2) is 9.86. The van der Waals surface area contributed by atoms with Crippen molar-refractivity contribution < 1.29 is 4.79 Å². The maximum Gasteiger partial charge on any atom is 0.321 e. The highest BCUT2D eigenvalue weighted by molar-refractivity contribution is 5.85. The van der Waals surface area contributed by atoms with Crippen LogP contribution in [0.2, 0.25) is 0 Å². The normalized spacial score (nSPS) is 18.7. The fourth-order valence-electron chi connectivity index (χ4n) is 3.90. The topological polar surface area (TPSA) is 35.6 Å². The molecule has 1 aliphatic heterocycles. The van der Waals surface area contributed by atoms with Crippen LogP contribution in [0.15, 0.2) is 30.5 Å². The number of nitrogens with zero attached hydrogens (tertiary/aromatic N) is 2. The zero-order valence-corrected chi connectivity index (χ0v) is 16.9. The van der Waals surface area contributed by atoms with Crippen LogP contribution in [0, 0.1) is 19.8 Å². The Morgan fingerprint density at radius 1 is 1.08 bits per heavy atom. The van der Waals surface area contributed by atoms with E-state index in [-0.39, 0.29) is 18.4 Å². The summed E-state index contributed by atoms with van der Waals surface area (Å²) in [5.41, 5.74) is 3.97. The summed E-state index contributed by atoms with van der Waals surface area (Å²) < 4.78 is 0. The number of carbonyl (C=O) groups excluding carboxylic acids is 1. The monoisotopic (exact) mass is 377 g/mol. The first-order valence-corrected chi connectivity index (χ1v) is 9.68. The number of amides is 2. The summed E-state index contributed by atoms with van der Waals surface area (Å²) in [6.07, 6.45) is 10.6. The van der Waals surface area contributed by atoms with E-state index in [1.165, 1.54) is 48.9 Å². The maximum absolute atomic E-state index is 12.3. The minimum Gasteiger partial charge on any atom is -0.368 e. The molecule has 3 rings (SSSR count). The molecule has 1 N–H and O–H groups in total. The number of aryl methyl sites for hydroxylation is 1. The van der Waals surface area contributed by atoms with Gasteiger partial charge in [0.1, 0.15) is 0 Å². The number of hydrogen-bond acceptors (Lipinski definition) is 2. The molecule has 0 aromatic heterocycles. The molecule has 0 spiro atoms. The number of rotatable bonds is 3. The number of benzene rings is 1. The van der Waals surface area contributed by atoms with Gasteiger partial charge in [0.15, 0.2) is 0 Å². The molecule has 1 aliphatic carbocycles. The van der Waals surface area contributed by atoms with Crippen LogP contribution in [0.3, 0.4) is 0 Å². The lowest BCUT2D eigenvalue weighted by atomic mass is 9.89. The molecule has 144 valence electrons. The molecule has 0 unspecified atom stereocenters. The van der Waals surface area contributed by atoms with E-state index >= 15 is 0 Å². The predicted octanol–water partition coefficient (Wildman–Crippen LogP) is 4.65. The first-order chi connectivity index (χ1) is 12.1. The summed E-state index contributed by atoms with van der Waals surface area (Å²) in [5, 5.41) is 2.96. The Morgan fingerprint density at radius 3 is 2.46 bits per heavy atom. The molecular weight excluding hydrogens is 346 g/mol. The summed E-state index contributed by atoms with van der Waals surface area (Å²) in [6.45, 7) is 7.67. The minimum absolute atomic E-state index is 0. The van der Waals surface area contributed by atoms with Gasteiger partial charge in [-0.15, -0.1) is 12.4 Å². The van der Waals surface area contributed by atoms with Crippen LogP contribution in [0.5, 0.6) is 0 Å². The molecule has 0 radical (unpaired) electrons. The maximum atomic E-state index is 12.3. The highest BCUT2D eigenvalue weighted by Crippen LogP contribution is 2.25. The van der Waals surface area contributed by atoms with E-state index in [9.17, 15) is 4.79 Å². The standard InChI is InChI=1S/C21H31N3O.ClH/c1-17-7-6-10-20(18(17)2)23-13-15-24(16-14-23)21(25)22-12-11-19-8-4-3-5-9-19;/h6-7,10-12,19H,3-5,8-9,13-16H2,1-2H3,(H,22,25);1H/b12-11+;. The lowest BCUT2D eigenvalue weighted by Gasteiger charge is -2.36. The van der Waals surface area contributed by atoms with Crippen molar-refractivity contribution in [2.75, 3.05) is 31.1 Å². The van der Waals surface area contributed by atoms with Gasteiger partial charge < -0.3 is 15.1 Å². The van der Waals surface area contributed by atoms with E-state index < -0.39 is 0 Å². The highest BCUT2D eigenvalue weighted by Gasteiger charge is 2.21. The fraction of sp³-hybridized carbons (Fsp3) is 0.571. The first kappa shape index (κ1) is 20.6. The van der Waals surface area contributed by atoms with Crippen molar-refractivity contribution in [3.05, 3.63) is 41.6 Å². The molecule has 26 heavy (non-hydrogen) atoms. The quantitative estimate of drug-likeness (QED) is 0.832. The third kappa shape index (κ3) is 5.16. The second-order valence-corrected chi connectivity index (χ2v) is 7.40. The van der Waals surface area contributed by atoms with Gasteiger partial charge in [-0.05, 0) is 49.8 Å². The van der Waals surface area contributed by atoms with Crippen molar-refractivity contribution >= 4 is 24.1 Å². The molecule has 2 fully saturated rings. The van der Waals surface area contributed by atoms with Gasteiger partial charge in [-0.25, -0.2) is 4.79 Å². The van der Waals surface area contributed by atoms with Crippen LogP contribution >= 0.6 is 12.4 Å². The van der Waals surface area contributed by atoms with Gasteiger partial charge in [-0.3, -0.25) is 0 Å². The second-order valence-electron chi connectivity index (χ2n) is 7.40. The van der Waals surface area contributed by atoms with Crippen LogP contribution in [0.4, 0.5) is 10.5 Å². The molecule has 0 bridgehead atoms. The van der Waals surface area contributed by atoms with Crippen molar-refractivity contribution in [2.24, 2.45) is 5.92 Å². The lowest BCUT2D eigenvalue weighted by molar-refractivity contribution is 0.198. The predicted molar refractivity (Wildman–Crippen MR) is 111 cm³/mol. The van der Waals surface area contributed by atoms with Gasteiger partial charge >= 0.3 is 6.03 Å². The van der Waals surface area contributed by atoms with E-state index in [2.05, 4.69) is 48.3 Å². The van der Waals surface area contributed by atoms with Crippen LogP contribution < -0.4 is 10.2 Å². The first-order valence-electron chi connectivity index (χ1n) is 9.68. The molecule has 1 heterocycles. The molecule has 4 nitrogen and oxygen atoms in total. The smallest absolute Gasteiger partial charge is 0.321 e.